The lowest BCUT2D eigenvalue weighted by Crippen LogP contribution is -2.15. The van der Waals surface area contributed by atoms with Gasteiger partial charge in [0.2, 0.25) is 0 Å². The molecule has 2 aromatic carbocycles. The van der Waals surface area contributed by atoms with E-state index in [1.165, 1.54) is 5.56 Å². The number of carbonyl (C=O) groups excluding carboxylic acids is 1. The second kappa shape index (κ2) is 7.54. The van der Waals surface area contributed by atoms with E-state index in [-0.39, 0.29) is 11.7 Å². The first-order chi connectivity index (χ1) is 11.0. The summed E-state index contributed by atoms with van der Waals surface area (Å²) in [6, 6.07) is 12.2. The summed E-state index contributed by atoms with van der Waals surface area (Å²) in [5.74, 6) is -2.43. The number of phenolic OH excluding ortho intramolecular Hbond substituents is 3. The molecule has 23 heavy (non-hydrogen) atoms. The average Bonchev–Trinajstić information content (AvgIpc) is 2.53. The molecule has 3 N–H and O–H groups in total. The van der Waals surface area contributed by atoms with Crippen LogP contribution < -0.4 is 0 Å². The Morgan fingerprint density at radius 3 is 2.30 bits per heavy atom. The van der Waals surface area contributed by atoms with Gasteiger partial charge in [0.1, 0.15) is 0 Å². The van der Waals surface area contributed by atoms with Gasteiger partial charge in [-0.1, -0.05) is 30.3 Å². The number of rotatable bonds is 6. The first-order valence-electron chi connectivity index (χ1n) is 7.47. The molecule has 2 rings (SSSR count). The van der Waals surface area contributed by atoms with Crippen molar-refractivity contribution in [2.24, 2.45) is 0 Å². The van der Waals surface area contributed by atoms with E-state index in [1.807, 2.05) is 18.2 Å². The van der Waals surface area contributed by atoms with Gasteiger partial charge in [0.15, 0.2) is 17.2 Å². The van der Waals surface area contributed by atoms with E-state index in [9.17, 15) is 20.1 Å². The third-order valence-corrected chi connectivity index (χ3v) is 3.53. The second-order valence-corrected chi connectivity index (χ2v) is 5.46. The van der Waals surface area contributed by atoms with Crippen LogP contribution >= 0.6 is 0 Å². The maximum Gasteiger partial charge on any atom is 0.338 e. The molecule has 5 nitrogen and oxygen atoms in total. The Bertz CT molecular complexity index is 643. The fraction of sp³-hybridized carbons (Fsp3) is 0.278. The van der Waals surface area contributed by atoms with E-state index in [0.717, 1.165) is 25.0 Å². The minimum Gasteiger partial charge on any atom is -0.504 e. The Morgan fingerprint density at radius 1 is 1.09 bits per heavy atom. The predicted octanol–water partition coefficient (Wildman–Crippen LogP) is 3.37. The molecule has 0 radical (unpaired) electrons. The monoisotopic (exact) mass is 316 g/mol. The number of carbonyl (C=O) groups is 1. The van der Waals surface area contributed by atoms with E-state index in [0.29, 0.717) is 6.42 Å². The lowest BCUT2D eigenvalue weighted by molar-refractivity contribution is 0.0320. The van der Waals surface area contributed by atoms with Crippen LogP contribution in [0.5, 0.6) is 17.2 Å². The number of hydrogen-bond acceptors (Lipinski definition) is 5. The van der Waals surface area contributed by atoms with Crippen LogP contribution in [0.25, 0.3) is 0 Å². The molecule has 1 unspecified atom stereocenters. The van der Waals surface area contributed by atoms with Crippen LogP contribution in [0.1, 0.15) is 35.7 Å². The van der Waals surface area contributed by atoms with Gasteiger partial charge in [0, 0.05) is 0 Å². The van der Waals surface area contributed by atoms with Crippen molar-refractivity contribution < 1.29 is 24.9 Å². The molecule has 0 aliphatic carbocycles. The molecule has 2 aromatic rings. The highest BCUT2D eigenvalue weighted by molar-refractivity contribution is 5.91. The van der Waals surface area contributed by atoms with Crippen LogP contribution in [0.4, 0.5) is 0 Å². The second-order valence-electron chi connectivity index (χ2n) is 5.46. The summed E-state index contributed by atoms with van der Waals surface area (Å²) < 4.78 is 5.28. The SMILES string of the molecule is CC(CCCc1ccccc1)OC(=O)c1cc(O)c(O)c(O)c1. The standard InChI is InChI=1S/C18H20O5/c1-12(6-5-9-13-7-3-2-4-8-13)23-18(22)14-10-15(19)17(21)16(20)11-14/h2-4,7-8,10-12,19-21H,5-6,9H2,1H3. The van der Waals surface area contributed by atoms with Gasteiger partial charge < -0.3 is 20.1 Å². The maximum atomic E-state index is 12.0. The normalized spacial score (nSPS) is 11.9. The van der Waals surface area contributed by atoms with Crippen molar-refractivity contribution in [2.45, 2.75) is 32.3 Å². The van der Waals surface area contributed by atoms with Gasteiger partial charge in [-0.15, -0.1) is 0 Å². The molecule has 0 amide bonds. The summed E-state index contributed by atoms with van der Waals surface area (Å²) >= 11 is 0. The summed E-state index contributed by atoms with van der Waals surface area (Å²) in [4.78, 5) is 12.0. The molecule has 1 atom stereocenters. The van der Waals surface area contributed by atoms with Crippen LogP contribution in [-0.4, -0.2) is 27.4 Å². The number of hydrogen-bond donors (Lipinski definition) is 3. The van der Waals surface area contributed by atoms with Crippen molar-refractivity contribution in [3.05, 3.63) is 53.6 Å². The molecule has 122 valence electrons. The number of aromatic hydroxyl groups is 3. The molecule has 0 aliphatic heterocycles. The average molecular weight is 316 g/mol. The largest absolute Gasteiger partial charge is 0.504 e. The quantitative estimate of drug-likeness (QED) is 0.562. The molecule has 0 aliphatic rings. The van der Waals surface area contributed by atoms with Gasteiger partial charge in [-0.2, -0.15) is 0 Å². The van der Waals surface area contributed by atoms with Gasteiger partial charge in [-0.3, -0.25) is 0 Å². The zero-order valence-electron chi connectivity index (χ0n) is 12.9. The molecular weight excluding hydrogens is 296 g/mol. The first kappa shape index (κ1) is 16.7. The summed E-state index contributed by atoms with van der Waals surface area (Å²) in [5, 5.41) is 28.1. The van der Waals surface area contributed by atoms with Crippen molar-refractivity contribution in [3.8, 4) is 17.2 Å². The van der Waals surface area contributed by atoms with E-state index in [4.69, 9.17) is 4.74 Å². The van der Waals surface area contributed by atoms with E-state index in [2.05, 4.69) is 12.1 Å². The molecule has 0 heterocycles. The van der Waals surface area contributed by atoms with Crippen LogP contribution in [0, 0.1) is 0 Å². The zero-order chi connectivity index (χ0) is 16.8. The Balaban J connectivity index is 1.85. The van der Waals surface area contributed by atoms with Crippen molar-refractivity contribution in [1.29, 1.82) is 0 Å². The summed E-state index contributed by atoms with van der Waals surface area (Å²) in [6.45, 7) is 1.79. The molecular formula is C18H20O5. The zero-order valence-corrected chi connectivity index (χ0v) is 12.9. The molecule has 0 saturated heterocycles. The maximum absolute atomic E-state index is 12.0. The van der Waals surface area contributed by atoms with Gasteiger partial charge in [0.25, 0.3) is 0 Å². The van der Waals surface area contributed by atoms with E-state index in [1.54, 1.807) is 6.92 Å². The lowest BCUT2D eigenvalue weighted by atomic mass is 10.1. The highest BCUT2D eigenvalue weighted by Gasteiger charge is 2.16. The number of aryl methyl sites for hydroxylation is 1. The van der Waals surface area contributed by atoms with Crippen molar-refractivity contribution in [2.75, 3.05) is 0 Å². The van der Waals surface area contributed by atoms with Crippen LogP contribution in [-0.2, 0) is 11.2 Å². The molecule has 5 heteroatoms. The molecule has 0 fully saturated rings. The molecule has 0 bridgehead atoms. The summed E-state index contributed by atoms with van der Waals surface area (Å²) in [6.07, 6.45) is 2.20. The third kappa shape index (κ3) is 4.64. The minimum absolute atomic E-state index is 0.00675. The minimum atomic E-state index is -0.655. The van der Waals surface area contributed by atoms with Gasteiger partial charge in [0.05, 0.1) is 11.7 Å². The molecule has 0 aromatic heterocycles. The first-order valence-corrected chi connectivity index (χ1v) is 7.47. The van der Waals surface area contributed by atoms with Crippen molar-refractivity contribution in [1.82, 2.24) is 0 Å². The van der Waals surface area contributed by atoms with Gasteiger partial charge in [-0.25, -0.2) is 4.79 Å². The van der Waals surface area contributed by atoms with Gasteiger partial charge >= 0.3 is 5.97 Å². The fourth-order valence-electron chi connectivity index (χ4n) is 2.27. The third-order valence-electron chi connectivity index (χ3n) is 3.53. The molecule has 0 spiro atoms. The number of phenols is 3. The van der Waals surface area contributed by atoms with Crippen LogP contribution in [0.2, 0.25) is 0 Å². The topological polar surface area (TPSA) is 87.0 Å². The van der Waals surface area contributed by atoms with Gasteiger partial charge in [-0.05, 0) is 43.9 Å². The lowest BCUT2D eigenvalue weighted by Gasteiger charge is -2.14. The number of ether oxygens (including phenoxy) is 1. The van der Waals surface area contributed by atoms with Crippen LogP contribution in [0.15, 0.2) is 42.5 Å². The highest BCUT2D eigenvalue weighted by Crippen LogP contribution is 2.35. The summed E-state index contributed by atoms with van der Waals surface area (Å²) in [7, 11) is 0. The Hall–Kier alpha value is -2.69. The van der Waals surface area contributed by atoms with E-state index >= 15 is 0 Å². The smallest absolute Gasteiger partial charge is 0.338 e. The van der Waals surface area contributed by atoms with Crippen molar-refractivity contribution in [3.63, 3.8) is 0 Å². The van der Waals surface area contributed by atoms with Crippen LogP contribution in [0.3, 0.4) is 0 Å². The summed E-state index contributed by atoms with van der Waals surface area (Å²) in [5.41, 5.74) is 1.23. The van der Waals surface area contributed by atoms with Crippen molar-refractivity contribution >= 4 is 5.97 Å². The Morgan fingerprint density at radius 2 is 1.70 bits per heavy atom. The predicted molar refractivity (Wildman–Crippen MR) is 85.7 cm³/mol. The Labute approximate surface area is 134 Å². The number of esters is 1. The van der Waals surface area contributed by atoms with E-state index < -0.39 is 23.2 Å². The highest BCUT2D eigenvalue weighted by atomic mass is 16.5. The Kier molecular flexibility index (Phi) is 5.46. The molecule has 0 saturated carbocycles. The fourth-order valence-corrected chi connectivity index (χ4v) is 2.27. The number of benzene rings is 2.